The minimum absolute atomic E-state index is 0.000452. The molecule has 3 aromatic rings. The van der Waals surface area contributed by atoms with Gasteiger partial charge in [-0.1, -0.05) is 24.2 Å². The van der Waals surface area contributed by atoms with Gasteiger partial charge in [-0.25, -0.2) is 13.2 Å². The van der Waals surface area contributed by atoms with Crippen LogP contribution in [0.25, 0.3) is 11.3 Å². The summed E-state index contributed by atoms with van der Waals surface area (Å²) in [4.78, 5) is 12.8. The number of methoxy groups -OCH3 is 1. The second-order valence-electron chi connectivity index (χ2n) is 7.09. The molecule has 0 aliphatic carbocycles. The predicted octanol–water partition coefficient (Wildman–Crippen LogP) is 4.22. The minimum atomic E-state index is -3.96. The molecule has 4 rings (SSSR count). The van der Waals surface area contributed by atoms with Gasteiger partial charge < -0.3 is 14.0 Å². The van der Waals surface area contributed by atoms with Gasteiger partial charge in [0.05, 0.1) is 19.4 Å². The number of para-hydroxylation sites is 1. The number of hydrogen-bond acceptors (Lipinski definition) is 8. The molecule has 2 heterocycles. The summed E-state index contributed by atoms with van der Waals surface area (Å²) >= 11 is 1.64. The molecule has 0 N–H and O–H groups in total. The third-order valence-electron chi connectivity index (χ3n) is 4.90. The van der Waals surface area contributed by atoms with Gasteiger partial charge in [0.2, 0.25) is 0 Å². The maximum Gasteiger partial charge on any atom is 0.360 e. The molecule has 32 heavy (non-hydrogen) atoms. The lowest BCUT2D eigenvalue weighted by Gasteiger charge is -2.33. The predicted molar refractivity (Wildman–Crippen MR) is 121 cm³/mol. The number of esters is 1. The zero-order chi connectivity index (χ0) is 22.9. The van der Waals surface area contributed by atoms with Crippen molar-refractivity contribution in [1.82, 2.24) is 5.16 Å². The Balaban J connectivity index is 1.78. The van der Waals surface area contributed by atoms with E-state index in [2.05, 4.69) is 5.16 Å². The molecule has 0 saturated heterocycles. The highest BCUT2D eigenvalue weighted by atomic mass is 32.2. The molecule has 0 saturated carbocycles. The van der Waals surface area contributed by atoms with Crippen LogP contribution in [0.5, 0.6) is 5.75 Å². The second kappa shape index (κ2) is 8.87. The van der Waals surface area contributed by atoms with Crippen molar-refractivity contribution in [2.24, 2.45) is 0 Å². The fourth-order valence-electron chi connectivity index (χ4n) is 3.44. The summed E-state index contributed by atoms with van der Waals surface area (Å²) in [6.45, 7) is 4.21. The fraction of sp³-hybridized carbons (Fsp3) is 0.273. The Kier molecular flexibility index (Phi) is 6.16. The smallest absolute Gasteiger partial charge is 0.360 e. The third-order valence-corrected chi connectivity index (χ3v) is 7.85. The van der Waals surface area contributed by atoms with Crippen LogP contribution < -0.4 is 9.04 Å². The summed E-state index contributed by atoms with van der Waals surface area (Å²) in [6.07, 6.45) is 0. The molecule has 1 aromatic heterocycles. The fourth-order valence-corrected chi connectivity index (χ4v) is 6.46. The van der Waals surface area contributed by atoms with Gasteiger partial charge in [-0.2, -0.15) is 0 Å². The number of anilines is 1. The molecular formula is C22H22N2O6S2. The third kappa shape index (κ3) is 4.07. The molecule has 168 valence electrons. The standard InChI is InChI=1S/C22H22N2O6S2/c1-4-29-22(25)16-12-19(30-23-16)15-9-10-18(28-3)21(11-15)32(26,27)24-13-14(2)31-20-8-6-5-7-17(20)24/h5-12,14H,4,13H2,1-3H3/t14-/m0/s1. The number of benzene rings is 2. The van der Waals surface area contributed by atoms with E-state index < -0.39 is 16.0 Å². The van der Waals surface area contributed by atoms with Crippen molar-refractivity contribution in [2.75, 3.05) is 24.6 Å². The lowest BCUT2D eigenvalue weighted by atomic mass is 10.1. The van der Waals surface area contributed by atoms with E-state index in [0.717, 1.165) is 4.90 Å². The monoisotopic (exact) mass is 474 g/mol. The number of ether oxygens (including phenoxy) is 2. The van der Waals surface area contributed by atoms with Gasteiger partial charge in [-0.3, -0.25) is 4.31 Å². The summed E-state index contributed by atoms with van der Waals surface area (Å²) in [7, 11) is -2.54. The molecule has 1 aliphatic heterocycles. The maximum absolute atomic E-state index is 13.8. The average molecular weight is 475 g/mol. The number of carbonyl (C=O) groups is 1. The number of fused-ring (bicyclic) bond motifs is 1. The first kappa shape index (κ1) is 22.2. The van der Waals surface area contributed by atoms with Crippen LogP contribution in [0.4, 0.5) is 5.69 Å². The van der Waals surface area contributed by atoms with Gasteiger partial charge >= 0.3 is 5.97 Å². The van der Waals surface area contributed by atoms with Crippen molar-refractivity contribution < 1.29 is 27.2 Å². The molecule has 0 spiro atoms. The molecule has 8 nitrogen and oxygen atoms in total. The Morgan fingerprint density at radius 1 is 1.25 bits per heavy atom. The number of carbonyl (C=O) groups excluding carboxylic acids is 1. The van der Waals surface area contributed by atoms with E-state index in [1.54, 1.807) is 36.9 Å². The molecule has 1 aliphatic rings. The van der Waals surface area contributed by atoms with E-state index in [1.165, 1.54) is 23.5 Å². The summed E-state index contributed by atoms with van der Waals surface area (Å²) in [5.41, 5.74) is 1.09. The Bertz CT molecular complexity index is 1250. The lowest BCUT2D eigenvalue weighted by molar-refractivity contribution is 0.0514. The number of hydrogen-bond donors (Lipinski definition) is 0. The molecule has 10 heteroatoms. The molecule has 0 bridgehead atoms. The number of nitrogens with zero attached hydrogens (tertiary/aromatic N) is 2. The van der Waals surface area contributed by atoms with Crippen molar-refractivity contribution >= 4 is 33.4 Å². The van der Waals surface area contributed by atoms with E-state index in [1.807, 2.05) is 25.1 Å². The molecule has 0 unspecified atom stereocenters. The first-order chi connectivity index (χ1) is 15.3. The van der Waals surface area contributed by atoms with Crippen molar-refractivity contribution in [3.8, 4) is 17.1 Å². The van der Waals surface area contributed by atoms with Crippen LogP contribution in [0.3, 0.4) is 0 Å². The topological polar surface area (TPSA) is 98.9 Å². The van der Waals surface area contributed by atoms with Gasteiger partial charge in [0, 0.05) is 28.3 Å². The zero-order valence-electron chi connectivity index (χ0n) is 17.8. The summed E-state index contributed by atoms with van der Waals surface area (Å²) in [6, 6.07) is 13.5. The van der Waals surface area contributed by atoms with Crippen LogP contribution in [-0.2, 0) is 14.8 Å². The van der Waals surface area contributed by atoms with E-state index in [0.29, 0.717) is 17.8 Å². The van der Waals surface area contributed by atoms with E-state index in [9.17, 15) is 13.2 Å². The van der Waals surface area contributed by atoms with E-state index in [4.69, 9.17) is 14.0 Å². The van der Waals surface area contributed by atoms with Crippen molar-refractivity contribution in [1.29, 1.82) is 0 Å². The van der Waals surface area contributed by atoms with Crippen molar-refractivity contribution in [2.45, 2.75) is 28.9 Å². The van der Waals surface area contributed by atoms with Crippen LogP contribution in [0.15, 0.2) is 62.8 Å². The first-order valence-electron chi connectivity index (χ1n) is 9.95. The Morgan fingerprint density at radius 3 is 2.78 bits per heavy atom. The quantitative estimate of drug-likeness (QED) is 0.490. The highest BCUT2D eigenvalue weighted by Crippen LogP contribution is 2.42. The van der Waals surface area contributed by atoms with Crippen molar-refractivity contribution in [3.63, 3.8) is 0 Å². The molecule has 0 amide bonds. The van der Waals surface area contributed by atoms with Gasteiger partial charge in [0.1, 0.15) is 10.6 Å². The number of aromatic nitrogens is 1. The number of sulfonamides is 1. The highest BCUT2D eigenvalue weighted by molar-refractivity contribution is 8.00. The van der Waals surface area contributed by atoms with Crippen LogP contribution in [-0.4, -0.2) is 45.1 Å². The lowest BCUT2D eigenvalue weighted by Crippen LogP contribution is -2.38. The molecule has 0 fully saturated rings. The maximum atomic E-state index is 13.8. The van der Waals surface area contributed by atoms with Gasteiger partial charge in [0.15, 0.2) is 11.5 Å². The summed E-state index contributed by atoms with van der Waals surface area (Å²) < 4.78 is 44.5. The molecular weight excluding hydrogens is 452 g/mol. The first-order valence-corrected chi connectivity index (χ1v) is 12.3. The SMILES string of the molecule is CCOC(=O)c1cc(-c2ccc(OC)c(S(=O)(=O)N3C[C@H](C)Sc4ccccc43)c2)on1. The van der Waals surface area contributed by atoms with E-state index >= 15 is 0 Å². The van der Waals surface area contributed by atoms with Crippen LogP contribution in [0.2, 0.25) is 0 Å². The van der Waals surface area contributed by atoms with Gasteiger partial charge in [0.25, 0.3) is 10.0 Å². The number of thioether (sulfide) groups is 1. The summed E-state index contributed by atoms with van der Waals surface area (Å²) in [5.74, 6) is -0.155. The molecule has 0 radical (unpaired) electrons. The zero-order valence-corrected chi connectivity index (χ0v) is 19.4. The van der Waals surface area contributed by atoms with Crippen LogP contribution in [0.1, 0.15) is 24.3 Å². The average Bonchev–Trinajstić information content (AvgIpc) is 3.28. The van der Waals surface area contributed by atoms with Crippen LogP contribution in [0, 0.1) is 0 Å². The van der Waals surface area contributed by atoms with Crippen LogP contribution >= 0.6 is 11.8 Å². The summed E-state index contributed by atoms with van der Waals surface area (Å²) in [5, 5.41) is 3.81. The van der Waals surface area contributed by atoms with Gasteiger partial charge in [-0.15, -0.1) is 11.8 Å². The minimum Gasteiger partial charge on any atom is -0.495 e. The Morgan fingerprint density at radius 2 is 2.03 bits per heavy atom. The number of rotatable bonds is 6. The normalized spacial score (nSPS) is 15.8. The molecule has 1 atom stereocenters. The largest absolute Gasteiger partial charge is 0.495 e. The van der Waals surface area contributed by atoms with E-state index in [-0.39, 0.29) is 34.0 Å². The van der Waals surface area contributed by atoms with Gasteiger partial charge in [-0.05, 0) is 37.3 Å². The molecule has 2 aromatic carbocycles. The Hall–Kier alpha value is -2.98. The Labute approximate surface area is 190 Å². The van der Waals surface area contributed by atoms with Crippen molar-refractivity contribution in [3.05, 3.63) is 54.2 Å². The highest BCUT2D eigenvalue weighted by Gasteiger charge is 2.34. The second-order valence-corrected chi connectivity index (χ2v) is 10.4.